The van der Waals surface area contributed by atoms with Gasteiger partial charge in [-0.1, -0.05) is 60.7 Å². The van der Waals surface area contributed by atoms with Gasteiger partial charge in [0.2, 0.25) is 0 Å². The van der Waals surface area contributed by atoms with E-state index in [-0.39, 0.29) is 10.8 Å². The van der Waals surface area contributed by atoms with E-state index in [1.807, 2.05) is 54.6 Å². The second kappa shape index (κ2) is 9.80. The molecule has 0 spiro atoms. The highest BCUT2D eigenvalue weighted by molar-refractivity contribution is 7.92. The molecule has 0 atom stereocenters. The molecule has 4 rings (SSSR count). The van der Waals surface area contributed by atoms with Gasteiger partial charge in [0.25, 0.3) is 15.9 Å². The van der Waals surface area contributed by atoms with Crippen LogP contribution in [0.5, 0.6) is 5.75 Å². The van der Waals surface area contributed by atoms with Gasteiger partial charge >= 0.3 is 0 Å². The number of para-hydroxylation sites is 3. The highest BCUT2D eigenvalue weighted by Crippen LogP contribution is 2.31. The molecule has 0 radical (unpaired) electrons. The lowest BCUT2D eigenvalue weighted by atomic mass is 10.0. The highest BCUT2D eigenvalue weighted by Gasteiger charge is 2.24. The zero-order chi connectivity index (χ0) is 24.1. The van der Waals surface area contributed by atoms with Gasteiger partial charge in [0, 0.05) is 23.9 Å². The van der Waals surface area contributed by atoms with Gasteiger partial charge in [-0.25, -0.2) is 8.42 Å². The Morgan fingerprint density at radius 2 is 1.41 bits per heavy atom. The van der Waals surface area contributed by atoms with Crippen molar-refractivity contribution in [1.82, 2.24) is 0 Å². The van der Waals surface area contributed by atoms with Crippen LogP contribution in [-0.2, 0) is 10.0 Å². The highest BCUT2D eigenvalue weighted by atomic mass is 32.2. The molecule has 4 aromatic rings. The maximum atomic E-state index is 13.1. The SMILES string of the molecule is COc1ccccc1N(C)S(=O)(=O)c1ccc(C(=O)Nc2ccccc2-c2ccccc2)cc1. The number of ether oxygens (including phenoxy) is 1. The number of carbonyl (C=O) groups excluding carboxylic acids is 1. The van der Waals surface area contributed by atoms with Gasteiger partial charge < -0.3 is 10.1 Å². The standard InChI is InChI=1S/C27H24N2O4S/c1-29(25-14-8-9-15-26(25)33-2)34(31,32)22-18-16-21(17-19-22)27(30)28-24-13-7-6-12-23(24)20-10-4-3-5-11-20/h3-19H,1-2H3,(H,28,30). The molecule has 0 aliphatic carbocycles. The summed E-state index contributed by atoms with van der Waals surface area (Å²) >= 11 is 0. The average Bonchev–Trinajstić information content (AvgIpc) is 2.89. The summed E-state index contributed by atoms with van der Waals surface area (Å²) in [6.45, 7) is 0. The molecule has 34 heavy (non-hydrogen) atoms. The summed E-state index contributed by atoms with van der Waals surface area (Å²) in [5, 5.41) is 2.93. The molecule has 0 saturated heterocycles. The van der Waals surface area contributed by atoms with Crippen molar-refractivity contribution in [2.24, 2.45) is 0 Å². The third-order valence-electron chi connectivity index (χ3n) is 5.46. The fraction of sp³-hybridized carbons (Fsp3) is 0.0741. The lowest BCUT2D eigenvalue weighted by molar-refractivity contribution is 0.102. The van der Waals surface area contributed by atoms with Crippen molar-refractivity contribution in [3.05, 3.63) is 109 Å². The van der Waals surface area contributed by atoms with Crippen LogP contribution in [0.4, 0.5) is 11.4 Å². The molecule has 1 N–H and O–H groups in total. The van der Waals surface area contributed by atoms with Crippen molar-refractivity contribution in [2.45, 2.75) is 4.90 Å². The van der Waals surface area contributed by atoms with E-state index in [2.05, 4.69) is 5.32 Å². The smallest absolute Gasteiger partial charge is 0.264 e. The zero-order valence-corrected chi connectivity index (χ0v) is 19.6. The van der Waals surface area contributed by atoms with E-state index < -0.39 is 10.0 Å². The summed E-state index contributed by atoms with van der Waals surface area (Å²) in [5.41, 5.74) is 3.32. The van der Waals surface area contributed by atoms with Gasteiger partial charge in [0.1, 0.15) is 5.75 Å². The molecular weight excluding hydrogens is 448 g/mol. The quantitative estimate of drug-likeness (QED) is 0.389. The Morgan fingerprint density at radius 1 is 0.794 bits per heavy atom. The first-order valence-electron chi connectivity index (χ1n) is 10.6. The molecule has 0 bridgehead atoms. The van der Waals surface area contributed by atoms with Crippen molar-refractivity contribution in [3.63, 3.8) is 0 Å². The molecule has 0 saturated carbocycles. The van der Waals surface area contributed by atoms with Crippen LogP contribution >= 0.6 is 0 Å². The number of anilines is 2. The second-order valence-corrected chi connectivity index (χ2v) is 9.50. The van der Waals surface area contributed by atoms with Crippen molar-refractivity contribution in [3.8, 4) is 16.9 Å². The van der Waals surface area contributed by atoms with Gasteiger partial charge in [-0.15, -0.1) is 0 Å². The summed E-state index contributed by atoms with van der Waals surface area (Å²) in [4.78, 5) is 13.0. The Morgan fingerprint density at radius 3 is 2.12 bits per heavy atom. The van der Waals surface area contributed by atoms with Crippen LogP contribution in [-0.4, -0.2) is 28.5 Å². The number of amides is 1. The predicted octanol–water partition coefficient (Wildman–Crippen LogP) is 5.44. The molecule has 0 heterocycles. The van der Waals surface area contributed by atoms with Crippen LogP contribution < -0.4 is 14.4 Å². The van der Waals surface area contributed by atoms with Crippen molar-refractivity contribution >= 4 is 27.3 Å². The number of nitrogens with one attached hydrogen (secondary N) is 1. The Hall–Kier alpha value is -4.10. The third-order valence-corrected chi connectivity index (χ3v) is 7.25. The summed E-state index contributed by atoms with van der Waals surface area (Å²) < 4.78 is 32.7. The number of carbonyl (C=O) groups is 1. The largest absolute Gasteiger partial charge is 0.495 e. The van der Waals surface area contributed by atoms with E-state index in [0.717, 1.165) is 15.4 Å². The fourth-order valence-electron chi connectivity index (χ4n) is 3.61. The minimum absolute atomic E-state index is 0.0714. The lowest BCUT2D eigenvalue weighted by Gasteiger charge is -2.21. The number of rotatable bonds is 7. The van der Waals surface area contributed by atoms with Crippen molar-refractivity contribution in [2.75, 3.05) is 23.8 Å². The van der Waals surface area contributed by atoms with Crippen LogP contribution in [0.2, 0.25) is 0 Å². The molecule has 0 aliphatic heterocycles. The lowest BCUT2D eigenvalue weighted by Crippen LogP contribution is -2.27. The zero-order valence-electron chi connectivity index (χ0n) is 18.8. The van der Waals surface area contributed by atoms with Crippen LogP contribution in [0.1, 0.15) is 10.4 Å². The summed E-state index contributed by atoms with van der Waals surface area (Å²) in [6, 6.07) is 30.0. The first-order chi connectivity index (χ1) is 16.4. The van der Waals surface area contributed by atoms with Gasteiger partial charge in [-0.3, -0.25) is 9.10 Å². The van der Waals surface area contributed by atoms with Crippen LogP contribution in [0.15, 0.2) is 108 Å². The molecule has 7 heteroatoms. The van der Waals surface area contributed by atoms with Crippen molar-refractivity contribution < 1.29 is 17.9 Å². The molecule has 0 fully saturated rings. The van der Waals surface area contributed by atoms with E-state index in [9.17, 15) is 13.2 Å². The number of methoxy groups -OCH3 is 1. The molecule has 172 valence electrons. The molecule has 0 aromatic heterocycles. The van der Waals surface area contributed by atoms with Gasteiger partial charge in [-0.05, 0) is 48.0 Å². The normalized spacial score (nSPS) is 11.0. The van der Waals surface area contributed by atoms with Crippen LogP contribution in [0.3, 0.4) is 0 Å². The molecule has 1 amide bonds. The van der Waals surface area contributed by atoms with Gasteiger partial charge in [0.15, 0.2) is 0 Å². The Labute approximate surface area is 199 Å². The summed E-state index contributed by atoms with van der Waals surface area (Å²) in [5.74, 6) is 0.118. The van der Waals surface area contributed by atoms with Crippen molar-refractivity contribution in [1.29, 1.82) is 0 Å². The summed E-state index contributed by atoms with van der Waals surface area (Å²) in [7, 11) is -0.892. The van der Waals surface area contributed by atoms with E-state index in [4.69, 9.17) is 4.74 Å². The third kappa shape index (κ3) is 4.65. The first-order valence-corrected chi connectivity index (χ1v) is 12.0. The van der Waals surface area contributed by atoms with Gasteiger partial charge in [0.05, 0.1) is 17.7 Å². The molecule has 0 unspecified atom stereocenters. The minimum atomic E-state index is -3.85. The van der Waals surface area contributed by atoms with E-state index in [1.54, 1.807) is 24.3 Å². The second-order valence-electron chi connectivity index (χ2n) is 7.53. The molecule has 0 aliphatic rings. The fourth-order valence-corrected chi connectivity index (χ4v) is 4.82. The van der Waals surface area contributed by atoms with Crippen LogP contribution in [0, 0.1) is 0 Å². The maximum Gasteiger partial charge on any atom is 0.264 e. The maximum absolute atomic E-state index is 13.1. The minimum Gasteiger partial charge on any atom is -0.495 e. The van der Waals surface area contributed by atoms with E-state index >= 15 is 0 Å². The molecular formula is C27H24N2O4S. The number of nitrogens with zero attached hydrogens (tertiary/aromatic N) is 1. The monoisotopic (exact) mass is 472 g/mol. The Bertz CT molecular complexity index is 1400. The Kier molecular flexibility index (Phi) is 6.65. The predicted molar refractivity (Wildman–Crippen MR) is 135 cm³/mol. The summed E-state index contributed by atoms with van der Waals surface area (Å²) in [6.07, 6.45) is 0. The van der Waals surface area contributed by atoms with E-state index in [1.165, 1.54) is 38.4 Å². The van der Waals surface area contributed by atoms with Gasteiger partial charge in [-0.2, -0.15) is 0 Å². The van der Waals surface area contributed by atoms with Crippen LogP contribution in [0.25, 0.3) is 11.1 Å². The number of benzene rings is 4. The topological polar surface area (TPSA) is 75.7 Å². The van der Waals surface area contributed by atoms with E-state index in [0.29, 0.717) is 22.7 Å². The average molecular weight is 473 g/mol. The number of hydrogen-bond acceptors (Lipinski definition) is 4. The molecule has 6 nitrogen and oxygen atoms in total. The molecule has 4 aromatic carbocycles. The number of sulfonamides is 1. The Balaban J connectivity index is 1.56. The first kappa shape index (κ1) is 23.1. The number of hydrogen-bond donors (Lipinski definition) is 1.